The first-order chi connectivity index (χ1) is 15.2. The topological polar surface area (TPSA) is 76.6 Å². The molecule has 1 aliphatic heterocycles. The summed E-state index contributed by atoms with van der Waals surface area (Å²) >= 11 is 1.63. The molecule has 5 rings (SSSR count). The maximum Gasteiger partial charge on any atom is 0.338 e. The third-order valence-corrected chi connectivity index (χ3v) is 7.46. The van der Waals surface area contributed by atoms with Crippen LogP contribution in [-0.4, -0.2) is 65.8 Å². The first kappa shape index (κ1) is 20.6. The Kier molecular flexibility index (Phi) is 6.02. The van der Waals surface area contributed by atoms with E-state index >= 15 is 0 Å². The Morgan fingerprint density at radius 3 is 2.81 bits per heavy atom. The van der Waals surface area contributed by atoms with E-state index in [1.54, 1.807) is 17.7 Å². The highest BCUT2D eigenvalue weighted by molar-refractivity contribution is 7.25. The maximum absolute atomic E-state index is 12.2. The lowest BCUT2D eigenvalue weighted by Crippen LogP contribution is -2.46. The van der Waals surface area contributed by atoms with E-state index in [4.69, 9.17) is 9.47 Å². The van der Waals surface area contributed by atoms with Crippen LogP contribution in [0.15, 0.2) is 24.5 Å². The van der Waals surface area contributed by atoms with Gasteiger partial charge in [-0.1, -0.05) is 0 Å². The van der Waals surface area contributed by atoms with Crippen LogP contribution in [0.3, 0.4) is 0 Å². The Bertz CT molecular complexity index is 1070. The monoisotopic (exact) mass is 440 g/mol. The Morgan fingerprint density at radius 2 is 2.03 bits per heavy atom. The number of hydrogen-bond donors (Lipinski definition) is 1. The van der Waals surface area contributed by atoms with Crippen LogP contribution in [0.1, 0.15) is 43.0 Å². The van der Waals surface area contributed by atoms with Crippen LogP contribution in [0.2, 0.25) is 0 Å². The normalized spacial score (nSPS) is 22.6. The van der Waals surface area contributed by atoms with Gasteiger partial charge in [0, 0.05) is 35.3 Å². The van der Waals surface area contributed by atoms with Gasteiger partial charge in [0.05, 0.1) is 30.8 Å². The predicted octanol–water partition coefficient (Wildman–Crippen LogP) is 4.08. The molecule has 2 aromatic heterocycles. The van der Waals surface area contributed by atoms with Gasteiger partial charge in [0.2, 0.25) is 0 Å². The van der Waals surface area contributed by atoms with Crippen LogP contribution in [0.4, 0.5) is 5.82 Å². The van der Waals surface area contributed by atoms with Crippen LogP contribution in [0.25, 0.3) is 20.3 Å². The second-order valence-corrected chi connectivity index (χ2v) is 9.26. The smallest absolute Gasteiger partial charge is 0.338 e. The lowest BCUT2D eigenvalue weighted by Gasteiger charge is -2.39. The molecule has 164 valence electrons. The van der Waals surface area contributed by atoms with Crippen LogP contribution in [0, 0.1) is 0 Å². The van der Waals surface area contributed by atoms with Crippen molar-refractivity contribution in [3.05, 3.63) is 30.1 Å². The predicted molar refractivity (Wildman–Crippen MR) is 123 cm³/mol. The summed E-state index contributed by atoms with van der Waals surface area (Å²) in [5.74, 6) is 0.573. The van der Waals surface area contributed by atoms with Crippen molar-refractivity contribution >= 4 is 43.4 Å². The van der Waals surface area contributed by atoms with Gasteiger partial charge in [0.25, 0.3) is 0 Å². The van der Waals surface area contributed by atoms with E-state index in [9.17, 15) is 4.79 Å². The molecule has 31 heavy (non-hydrogen) atoms. The van der Waals surface area contributed by atoms with Gasteiger partial charge in [-0.3, -0.25) is 4.90 Å². The maximum atomic E-state index is 12.2. The number of anilines is 1. The highest BCUT2D eigenvalue weighted by Crippen LogP contribution is 2.37. The number of aromatic nitrogens is 2. The molecule has 2 fully saturated rings. The number of morpholine rings is 1. The molecular weight excluding hydrogens is 412 g/mol. The Labute approximate surface area is 185 Å². The summed E-state index contributed by atoms with van der Waals surface area (Å²) in [5, 5.41) is 5.71. The van der Waals surface area contributed by atoms with Crippen molar-refractivity contribution in [3.63, 3.8) is 0 Å². The molecule has 8 heteroatoms. The fraction of sp³-hybridized carbons (Fsp3) is 0.522. The van der Waals surface area contributed by atoms with Crippen molar-refractivity contribution in [2.75, 3.05) is 38.2 Å². The molecule has 1 N–H and O–H groups in total. The minimum atomic E-state index is -0.295. The van der Waals surface area contributed by atoms with Crippen LogP contribution in [-0.2, 0) is 9.47 Å². The number of nitrogens with one attached hydrogen (secondary N) is 1. The zero-order valence-corrected chi connectivity index (χ0v) is 18.6. The number of ether oxygens (including phenoxy) is 2. The average molecular weight is 441 g/mol. The van der Waals surface area contributed by atoms with E-state index in [-0.39, 0.29) is 5.97 Å². The number of rotatable bonds is 5. The van der Waals surface area contributed by atoms with Crippen LogP contribution in [0.5, 0.6) is 0 Å². The summed E-state index contributed by atoms with van der Waals surface area (Å²) in [6, 6.07) is 6.78. The standard InChI is InChI=1S/C23H28N4O3S/c1-2-30-23(28)15-3-8-19-18(13-15)20-21(24-14-25-22(20)31-19)26-16-4-6-17(7-5-16)27-9-11-29-12-10-27/h3,8,13-14,16-17H,2,4-7,9-12H2,1H3,(H,24,25,26). The lowest BCUT2D eigenvalue weighted by molar-refractivity contribution is 0.00791. The number of fused-ring (bicyclic) bond motifs is 3. The number of benzene rings is 1. The first-order valence-corrected chi connectivity index (χ1v) is 12.0. The summed E-state index contributed by atoms with van der Waals surface area (Å²) in [6.45, 7) is 6.01. The fourth-order valence-electron chi connectivity index (χ4n) is 4.78. The van der Waals surface area contributed by atoms with Crippen LogP contribution < -0.4 is 5.32 Å². The van der Waals surface area contributed by atoms with Crippen molar-refractivity contribution in [1.82, 2.24) is 14.9 Å². The van der Waals surface area contributed by atoms with E-state index in [2.05, 4.69) is 20.2 Å². The SMILES string of the molecule is CCOC(=O)c1ccc2sc3ncnc(NC4CCC(N5CCOCC5)CC4)c3c2c1. The Morgan fingerprint density at radius 1 is 1.23 bits per heavy atom. The average Bonchev–Trinajstić information content (AvgIpc) is 3.19. The van der Waals surface area contributed by atoms with Gasteiger partial charge in [-0.2, -0.15) is 0 Å². The largest absolute Gasteiger partial charge is 0.462 e. The van der Waals surface area contributed by atoms with E-state index in [0.717, 1.165) is 65.3 Å². The van der Waals surface area contributed by atoms with Gasteiger partial charge in [-0.05, 0) is 50.8 Å². The van der Waals surface area contributed by atoms with E-state index < -0.39 is 0 Å². The summed E-state index contributed by atoms with van der Waals surface area (Å²) in [4.78, 5) is 24.8. The molecule has 0 amide bonds. The third kappa shape index (κ3) is 4.24. The van der Waals surface area contributed by atoms with Crippen molar-refractivity contribution in [3.8, 4) is 0 Å². The van der Waals surface area contributed by atoms with Crippen molar-refractivity contribution in [2.24, 2.45) is 0 Å². The van der Waals surface area contributed by atoms with Gasteiger partial charge in [0.1, 0.15) is 17.0 Å². The molecule has 0 atom stereocenters. The molecule has 0 unspecified atom stereocenters. The van der Waals surface area contributed by atoms with Crippen molar-refractivity contribution < 1.29 is 14.3 Å². The number of esters is 1. The number of carbonyl (C=O) groups is 1. The van der Waals surface area contributed by atoms with Crippen molar-refractivity contribution in [1.29, 1.82) is 0 Å². The molecule has 0 bridgehead atoms. The first-order valence-electron chi connectivity index (χ1n) is 11.2. The van der Waals surface area contributed by atoms with Gasteiger partial charge >= 0.3 is 5.97 Å². The highest BCUT2D eigenvalue weighted by Gasteiger charge is 2.27. The van der Waals surface area contributed by atoms with E-state index in [0.29, 0.717) is 24.3 Å². The molecule has 3 heterocycles. The molecule has 7 nitrogen and oxygen atoms in total. The summed E-state index contributed by atoms with van der Waals surface area (Å²) in [6.07, 6.45) is 6.28. The molecule has 1 saturated carbocycles. The Balaban J connectivity index is 1.36. The van der Waals surface area contributed by atoms with E-state index in [1.807, 2.05) is 25.1 Å². The summed E-state index contributed by atoms with van der Waals surface area (Å²) in [7, 11) is 0. The molecule has 1 aliphatic carbocycles. The fourth-order valence-corrected chi connectivity index (χ4v) is 5.80. The molecule has 1 aromatic carbocycles. The third-order valence-electron chi connectivity index (χ3n) is 6.38. The highest BCUT2D eigenvalue weighted by atomic mass is 32.1. The number of nitrogens with zero attached hydrogens (tertiary/aromatic N) is 3. The molecule has 2 aliphatic rings. The lowest BCUT2D eigenvalue weighted by atomic mass is 9.90. The summed E-state index contributed by atoms with van der Waals surface area (Å²) < 4.78 is 11.8. The summed E-state index contributed by atoms with van der Waals surface area (Å²) in [5.41, 5.74) is 0.565. The second-order valence-electron chi connectivity index (χ2n) is 8.23. The zero-order chi connectivity index (χ0) is 21.2. The second kappa shape index (κ2) is 9.06. The minimum Gasteiger partial charge on any atom is -0.462 e. The van der Waals surface area contributed by atoms with Gasteiger partial charge < -0.3 is 14.8 Å². The molecular formula is C23H28N4O3S. The Hall–Kier alpha value is -2.29. The molecule has 3 aromatic rings. The number of thiophene rings is 1. The van der Waals surface area contributed by atoms with Crippen molar-refractivity contribution in [2.45, 2.75) is 44.7 Å². The van der Waals surface area contributed by atoms with Gasteiger partial charge in [-0.15, -0.1) is 11.3 Å². The van der Waals surface area contributed by atoms with Gasteiger partial charge in [0.15, 0.2) is 0 Å². The van der Waals surface area contributed by atoms with E-state index in [1.165, 1.54) is 12.8 Å². The quantitative estimate of drug-likeness (QED) is 0.599. The molecule has 0 spiro atoms. The number of carbonyl (C=O) groups excluding carboxylic acids is 1. The minimum absolute atomic E-state index is 0.295. The zero-order valence-electron chi connectivity index (χ0n) is 17.8. The van der Waals surface area contributed by atoms with Gasteiger partial charge in [-0.25, -0.2) is 14.8 Å². The molecule has 1 saturated heterocycles. The van der Waals surface area contributed by atoms with Crippen LogP contribution >= 0.6 is 11.3 Å². The number of hydrogen-bond acceptors (Lipinski definition) is 8. The molecule has 0 radical (unpaired) electrons.